The Kier molecular flexibility index (Phi) is 7.00. The molecule has 0 radical (unpaired) electrons. The first-order chi connectivity index (χ1) is 15.3. The average molecular weight is 537 g/mol. The number of carbonyl (C=O) groups is 1. The Balaban J connectivity index is 1.63. The van der Waals surface area contributed by atoms with Crippen molar-refractivity contribution < 1.29 is 13.2 Å². The first-order valence-electron chi connectivity index (χ1n) is 10.8. The molecule has 1 unspecified atom stereocenters. The Morgan fingerprint density at radius 1 is 1.22 bits per heavy atom. The molecule has 0 saturated carbocycles. The number of fused-ring (bicyclic) bond motifs is 1. The van der Waals surface area contributed by atoms with Crippen LogP contribution in [0.2, 0.25) is 0 Å². The zero-order valence-corrected chi connectivity index (χ0v) is 21.3. The maximum absolute atomic E-state index is 13.0. The van der Waals surface area contributed by atoms with Crippen LogP contribution in [-0.2, 0) is 16.6 Å². The molecule has 0 bridgehead atoms. The monoisotopic (exact) mass is 535 g/mol. The number of rotatable bonds is 5. The van der Waals surface area contributed by atoms with Crippen LogP contribution < -0.4 is 4.80 Å². The topological polar surface area (TPSA) is 71.7 Å². The minimum atomic E-state index is -3.55. The second-order valence-electron chi connectivity index (χ2n) is 8.20. The number of aromatic nitrogens is 1. The third-order valence-electron chi connectivity index (χ3n) is 5.65. The van der Waals surface area contributed by atoms with Crippen LogP contribution >= 0.6 is 27.3 Å². The van der Waals surface area contributed by atoms with Crippen molar-refractivity contribution in [3.63, 3.8) is 0 Å². The second-order valence-corrected chi connectivity index (χ2v) is 12.1. The van der Waals surface area contributed by atoms with E-state index in [4.69, 9.17) is 0 Å². The molecular weight excluding hydrogens is 510 g/mol. The van der Waals surface area contributed by atoms with Gasteiger partial charge in [0.2, 0.25) is 10.0 Å². The number of carbonyl (C=O) groups excluding carboxylic acids is 1. The first-order valence-corrected chi connectivity index (χ1v) is 13.8. The van der Waals surface area contributed by atoms with Crippen LogP contribution in [0.3, 0.4) is 0 Å². The van der Waals surface area contributed by atoms with Crippen molar-refractivity contribution in [2.45, 2.75) is 44.6 Å². The van der Waals surface area contributed by atoms with E-state index in [1.165, 1.54) is 23.5 Å². The third kappa shape index (κ3) is 4.76. The Morgan fingerprint density at radius 3 is 2.66 bits per heavy atom. The molecule has 0 spiro atoms. The first kappa shape index (κ1) is 23.4. The molecule has 2 heterocycles. The summed E-state index contributed by atoms with van der Waals surface area (Å²) < 4.78 is 31.6. The van der Waals surface area contributed by atoms with Gasteiger partial charge >= 0.3 is 0 Å². The number of sulfonamides is 1. The van der Waals surface area contributed by atoms with Gasteiger partial charge in [-0.15, -0.1) is 0 Å². The van der Waals surface area contributed by atoms with E-state index in [0.29, 0.717) is 29.4 Å². The maximum atomic E-state index is 13.0. The lowest BCUT2D eigenvalue weighted by Gasteiger charge is -2.30. The van der Waals surface area contributed by atoms with Crippen LogP contribution in [0.15, 0.2) is 56.8 Å². The largest absolute Gasteiger partial charge is 0.316 e. The summed E-state index contributed by atoms with van der Waals surface area (Å²) in [5.41, 5.74) is 1.42. The molecule has 9 heteroatoms. The third-order valence-corrected chi connectivity index (χ3v) is 9.06. The lowest BCUT2D eigenvalue weighted by atomic mass is 10.0. The molecule has 170 valence electrons. The van der Waals surface area contributed by atoms with Crippen LogP contribution in [0.5, 0.6) is 0 Å². The Labute approximate surface area is 200 Å². The minimum absolute atomic E-state index is 0.218. The molecule has 4 rings (SSSR count). The molecule has 1 aliphatic heterocycles. The summed E-state index contributed by atoms with van der Waals surface area (Å²) in [4.78, 5) is 18.1. The molecule has 1 atom stereocenters. The van der Waals surface area contributed by atoms with Gasteiger partial charge in [0.25, 0.3) is 5.91 Å². The fourth-order valence-electron chi connectivity index (χ4n) is 4.01. The molecule has 2 aromatic carbocycles. The molecule has 1 aromatic heterocycles. The fraction of sp³-hybridized carbons (Fsp3) is 0.391. The van der Waals surface area contributed by atoms with Crippen molar-refractivity contribution in [3.05, 3.63) is 57.3 Å². The van der Waals surface area contributed by atoms with E-state index in [1.807, 2.05) is 18.2 Å². The normalized spacial score (nSPS) is 18.3. The number of thiazole rings is 1. The molecule has 1 aliphatic rings. The van der Waals surface area contributed by atoms with E-state index in [-0.39, 0.29) is 10.8 Å². The van der Waals surface area contributed by atoms with E-state index in [1.54, 1.807) is 16.4 Å². The zero-order chi connectivity index (χ0) is 22.9. The van der Waals surface area contributed by atoms with Gasteiger partial charge in [-0.3, -0.25) is 4.79 Å². The number of nitrogens with zero attached hydrogens (tertiary/aromatic N) is 3. The maximum Gasteiger partial charge on any atom is 0.279 e. The van der Waals surface area contributed by atoms with Gasteiger partial charge in [0.15, 0.2) is 4.80 Å². The molecule has 1 saturated heterocycles. The molecule has 1 amide bonds. The molecule has 3 aromatic rings. The van der Waals surface area contributed by atoms with Crippen molar-refractivity contribution in [2.75, 3.05) is 13.1 Å². The Bertz CT molecular complexity index is 1310. The number of hydrogen-bond donors (Lipinski definition) is 0. The van der Waals surface area contributed by atoms with Crippen molar-refractivity contribution >= 4 is 53.4 Å². The number of amides is 1. The highest BCUT2D eigenvalue weighted by Gasteiger charge is 2.28. The van der Waals surface area contributed by atoms with Crippen LogP contribution in [-0.4, -0.2) is 36.3 Å². The predicted octanol–water partition coefficient (Wildman–Crippen LogP) is 5.04. The van der Waals surface area contributed by atoms with E-state index < -0.39 is 10.0 Å². The van der Waals surface area contributed by atoms with E-state index >= 15 is 0 Å². The van der Waals surface area contributed by atoms with Crippen LogP contribution in [0.25, 0.3) is 10.2 Å². The van der Waals surface area contributed by atoms with Crippen molar-refractivity contribution in [2.24, 2.45) is 10.9 Å². The summed E-state index contributed by atoms with van der Waals surface area (Å²) in [7, 11) is -3.55. The minimum Gasteiger partial charge on any atom is -0.316 e. The van der Waals surface area contributed by atoms with Gasteiger partial charge in [0.1, 0.15) is 0 Å². The van der Waals surface area contributed by atoms with Gasteiger partial charge in [-0.25, -0.2) is 8.42 Å². The molecule has 32 heavy (non-hydrogen) atoms. The number of hydrogen-bond acceptors (Lipinski definition) is 4. The standard InChI is InChI=1S/C23H26BrN3O3S2/c1-3-12-27-20-11-8-18(24)14-21(20)31-23(27)25-22(28)17-6-9-19(10-7-17)32(29,30)26-13-4-5-16(2)15-26/h6-11,14,16H,3-5,12-13,15H2,1-2H3. The van der Waals surface area contributed by atoms with Crippen LogP contribution in [0.4, 0.5) is 0 Å². The fourth-order valence-corrected chi connectivity index (χ4v) is 7.21. The highest BCUT2D eigenvalue weighted by Crippen LogP contribution is 2.24. The predicted molar refractivity (Wildman–Crippen MR) is 131 cm³/mol. The smallest absolute Gasteiger partial charge is 0.279 e. The molecule has 6 nitrogen and oxygen atoms in total. The van der Waals surface area contributed by atoms with Gasteiger partial charge in [0, 0.05) is 29.7 Å². The summed E-state index contributed by atoms with van der Waals surface area (Å²) in [6.07, 6.45) is 2.85. The van der Waals surface area contributed by atoms with Gasteiger partial charge < -0.3 is 4.57 Å². The average Bonchev–Trinajstić information content (AvgIpc) is 3.10. The number of aryl methyl sites for hydroxylation is 1. The Hall–Kier alpha value is -1.81. The van der Waals surface area contributed by atoms with Crippen molar-refractivity contribution in [3.8, 4) is 0 Å². The summed E-state index contributed by atoms with van der Waals surface area (Å²) in [5.74, 6) is -0.0223. The summed E-state index contributed by atoms with van der Waals surface area (Å²) in [6, 6.07) is 12.2. The van der Waals surface area contributed by atoms with Gasteiger partial charge in [-0.1, -0.05) is 41.1 Å². The van der Waals surface area contributed by atoms with Crippen molar-refractivity contribution in [1.82, 2.24) is 8.87 Å². The van der Waals surface area contributed by atoms with E-state index in [9.17, 15) is 13.2 Å². The molecule has 1 fully saturated rings. The number of piperidine rings is 1. The van der Waals surface area contributed by atoms with E-state index in [0.717, 1.165) is 40.5 Å². The SMILES string of the molecule is CCCn1c(=NC(=O)c2ccc(S(=O)(=O)N3CCCC(C)C3)cc2)sc2cc(Br)ccc21. The van der Waals surface area contributed by atoms with Gasteiger partial charge in [0.05, 0.1) is 15.1 Å². The summed E-state index contributed by atoms with van der Waals surface area (Å²) in [6.45, 7) is 6.00. The molecule has 0 N–H and O–H groups in total. The number of halogens is 1. The van der Waals surface area contributed by atoms with Gasteiger partial charge in [-0.05, 0) is 67.6 Å². The summed E-state index contributed by atoms with van der Waals surface area (Å²) >= 11 is 4.96. The highest BCUT2D eigenvalue weighted by atomic mass is 79.9. The zero-order valence-electron chi connectivity index (χ0n) is 18.1. The quantitative estimate of drug-likeness (QED) is 0.459. The van der Waals surface area contributed by atoms with Crippen LogP contribution in [0, 0.1) is 5.92 Å². The van der Waals surface area contributed by atoms with Crippen molar-refractivity contribution in [1.29, 1.82) is 0 Å². The van der Waals surface area contributed by atoms with E-state index in [2.05, 4.69) is 39.3 Å². The lowest BCUT2D eigenvalue weighted by Crippen LogP contribution is -2.39. The molecular formula is C23H26BrN3O3S2. The second kappa shape index (κ2) is 9.59. The summed E-state index contributed by atoms with van der Waals surface area (Å²) in [5, 5.41) is 0. The highest BCUT2D eigenvalue weighted by molar-refractivity contribution is 9.10. The Morgan fingerprint density at radius 2 is 1.97 bits per heavy atom. The van der Waals surface area contributed by atoms with Gasteiger partial charge in [-0.2, -0.15) is 9.30 Å². The lowest BCUT2D eigenvalue weighted by molar-refractivity contribution is 0.0997. The molecule has 0 aliphatic carbocycles. The van der Waals surface area contributed by atoms with Crippen LogP contribution in [0.1, 0.15) is 43.5 Å². The number of benzene rings is 2.